The number of benzene rings is 1. The number of amides is 3. The minimum atomic E-state index is -0.305. The Morgan fingerprint density at radius 3 is 2.18 bits per heavy atom. The van der Waals surface area contributed by atoms with Crippen LogP contribution in [0.25, 0.3) is 0 Å². The fourth-order valence-electron chi connectivity index (χ4n) is 2.74. The van der Waals surface area contributed by atoms with Gasteiger partial charge in [-0.1, -0.05) is 20.8 Å². The van der Waals surface area contributed by atoms with E-state index in [1.54, 1.807) is 0 Å². The summed E-state index contributed by atoms with van der Waals surface area (Å²) in [4.78, 5) is 28.9. The van der Waals surface area contributed by atoms with E-state index in [-0.39, 0.29) is 29.4 Å². The first-order valence-electron chi connectivity index (χ1n) is 10.1. The molecule has 0 aromatic heterocycles. The Kier molecular flexibility index (Phi) is 8.33. The fraction of sp³-hybridized carbons (Fsp3) is 0.636. The van der Waals surface area contributed by atoms with Crippen LogP contribution in [0.15, 0.2) is 18.2 Å². The molecule has 0 saturated heterocycles. The lowest BCUT2D eigenvalue weighted by Gasteiger charge is -2.33. The second-order valence-corrected chi connectivity index (χ2v) is 8.95. The zero-order valence-electron chi connectivity index (χ0n) is 19.0. The first-order chi connectivity index (χ1) is 12.9. The molecule has 0 unspecified atom stereocenters. The highest BCUT2D eigenvalue weighted by atomic mass is 16.2. The molecular formula is C22H38N4O2. The third kappa shape index (κ3) is 7.06. The van der Waals surface area contributed by atoms with E-state index in [4.69, 9.17) is 0 Å². The van der Waals surface area contributed by atoms with Crippen molar-refractivity contribution in [3.8, 4) is 0 Å². The van der Waals surface area contributed by atoms with Crippen LogP contribution in [0.1, 0.15) is 60.5 Å². The summed E-state index contributed by atoms with van der Waals surface area (Å²) >= 11 is 0. The van der Waals surface area contributed by atoms with Gasteiger partial charge >= 0.3 is 6.03 Å². The van der Waals surface area contributed by atoms with E-state index in [0.717, 1.165) is 23.4 Å². The van der Waals surface area contributed by atoms with E-state index in [0.29, 0.717) is 6.54 Å². The SMILES string of the molecule is CC[C@H](C)N(Cc1cc(NC(=O)C(C)C)ccc1N(C)C)C(=O)NC(C)(C)C. The summed E-state index contributed by atoms with van der Waals surface area (Å²) in [6, 6.07) is 5.87. The average Bonchev–Trinajstić information content (AvgIpc) is 2.57. The molecule has 0 fully saturated rings. The van der Waals surface area contributed by atoms with Crippen molar-refractivity contribution in [3.05, 3.63) is 23.8 Å². The standard InChI is InChI=1S/C22H38N4O2/c1-10-16(4)26(21(28)24-22(5,6)7)14-17-13-18(23-20(27)15(2)3)11-12-19(17)25(8)9/h11-13,15-16H,10,14H2,1-9H3,(H,23,27)(H,24,28)/t16-/m0/s1. The van der Waals surface area contributed by atoms with Crippen LogP contribution in [0.3, 0.4) is 0 Å². The van der Waals surface area contributed by atoms with Gasteiger partial charge in [0.25, 0.3) is 0 Å². The molecule has 1 aromatic carbocycles. The van der Waals surface area contributed by atoms with Gasteiger partial charge in [-0.2, -0.15) is 0 Å². The normalized spacial score (nSPS) is 12.5. The van der Waals surface area contributed by atoms with Gasteiger partial charge in [-0.05, 0) is 57.9 Å². The van der Waals surface area contributed by atoms with Gasteiger partial charge in [0.15, 0.2) is 0 Å². The molecule has 0 bridgehead atoms. The zero-order valence-corrected chi connectivity index (χ0v) is 19.0. The van der Waals surface area contributed by atoms with E-state index in [2.05, 4.69) is 24.5 Å². The largest absolute Gasteiger partial charge is 0.377 e. The molecule has 3 amide bonds. The van der Waals surface area contributed by atoms with Crippen LogP contribution >= 0.6 is 0 Å². The van der Waals surface area contributed by atoms with Gasteiger partial charge in [-0.25, -0.2) is 4.79 Å². The summed E-state index contributed by atoms with van der Waals surface area (Å²) in [7, 11) is 3.96. The Bertz CT molecular complexity index is 678. The number of anilines is 2. The maximum Gasteiger partial charge on any atom is 0.318 e. The van der Waals surface area contributed by atoms with Gasteiger partial charge < -0.3 is 20.4 Å². The maximum atomic E-state index is 12.9. The number of hydrogen-bond donors (Lipinski definition) is 2. The number of urea groups is 1. The Morgan fingerprint density at radius 2 is 1.71 bits per heavy atom. The third-order valence-corrected chi connectivity index (χ3v) is 4.56. The van der Waals surface area contributed by atoms with Crippen molar-refractivity contribution in [1.29, 1.82) is 0 Å². The minimum Gasteiger partial charge on any atom is -0.377 e. The molecule has 158 valence electrons. The van der Waals surface area contributed by atoms with Crippen LogP contribution in [0.4, 0.5) is 16.2 Å². The molecule has 1 aromatic rings. The second kappa shape index (κ2) is 9.80. The number of nitrogens with zero attached hydrogens (tertiary/aromatic N) is 2. The van der Waals surface area contributed by atoms with Crippen LogP contribution in [-0.4, -0.2) is 42.5 Å². The van der Waals surface area contributed by atoms with Crippen molar-refractivity contribution in [1.82, 2.24) is 10.2 Å². The molecule has 0 radical (unpaired) electrons. The highest BCUT2D eigenvalue weighted by Gasteiger charge is 2.24. The predicted octanol–water partition coefficient (Wildman–Crippen LogP) is 4.46. The second-order valence-electron chi connectivity index (χ2n) is 8.95. The molecule has 28 heavy (non-hydrogen) atoms. The first kappa shape index (κ1) is 23.8. The molecule has 6 nitrogen and oxygen atoms in total. The topological polar surface area (TPSA) is 64.7 Å². The maximum absolute atomic E-state index is 12.9. The van der Waals surface area contributed by atoms with Crippen molar-refractivity contribution in [2.75, 3.05) is 24.3 Å². The fourth-order valence-corrected chi connectivity index (χ4v) is 2.74. The van der Waals surface area contributed by atoms with Crippen LogP contribution < -0.4 is 15.5 Å². The van der Waals surface area contributed by atoms with Gasteiger partial charge in [0.1, 0.15) is 0 Å². The van der Waals surface area contributed by atoms with Crippen molar-refractivity contribution in [2.24, 2.45) is 5.92 Å². The molecule has 0 saturated carbocycles. The van der Waals surface area contributed by atoms with Gasteiger partial charge in [0, 0.05) is 49.5 Å². The van der Waals surface area contributed by atoms with Crippen molar-refractivity contribution < 1.29 is 9.59 Å². The number of carbonyl (C=O) groups excluding carboxylic acids is 2. The van der Waals surface area contributed by atoms with Crippen molar-refractivity contribution in [3.63, 3.8) is 0 Å². The minimum absolute atomic E-state index is 0.0205. The third-order valence-electron chi connectivity index (χ3n) is 4.56. The summed E-state index contributed by atoms with van der Waals surface area (Å²) in [5.41, 5.74) is 2.47. The number of hydrogen-bond acceptors (Lipinski definition) is 3. The van der Waals surface area contributed by atoms with Crippen molar-refractivity contribution in [2.45, 2.75) is 73.0 Å². The van der Waals surface area contributed by atoms with E-state index >= 15 is 0 Å². The Morgan fingerprint density at radius 1 is 1.11 bits per heavy atom. The summed E-state index contributed by atoms with van der Waals surface area (Å²) in [5.74, 6) is -0.112. The summed E-state index contributed by atoms with van der Waals surface area (Å²) in [5, 5.41) is 6.02. The van der Waals surface area contributed by atoms with Gasteiger partial charge in [-0.15, -0.1) is 0 Å². The molecule has 0 spiro atoms. The van der Waals surface area contributed by atoms with Crippen LogP contribution in [-0.2, 0) is 11.3 Å². The smallest absolute Gasteiger partial charge is 0.318 e. The number of carbonyl (C=O) groups is 2. The van der Waals surface area contributed by atoms with E-state index < -0.39 is 0 Å². The predicted molar refractivity (Wildman–Crippen MR) is 118 cm³/mol. The van der Waals surface area contributed by atoms with Gasteiger partial charge in [0.05, 0.1) is 0 Å². The van der Waals surface area contributed by atoms with Gasteiger partial charge in [0.2, 0.25) is 5.91 Å². The van der Waals surface area contributed by atoms with Crippen LogP contribution in [0, 0.1) is 5.92 Å². The lowest BCUT2D eigenvalue weighted by atomic mass is 10.1. The lowest BCUT2D eigenvalue weighted by Crippen LogP contribution is -2.51. The molecule has 0 aliphatic rings. The highest BCUT2D eigenvalue weighted by molar-refractivity contribution is 5.92. The molecule has 6 heteroatoms. The van der Waals surface area contributed by atoms with Gasteiger partial charge in [-0.3, -0.25) is 4.79 Å². The van der Waals surface area contributed by atoms with E-state index in [1.165, 1.54) is 0 Å². The molecule has 0 aliphatic heterocycles. The molecule has 1 rings (SSSR count). The average molecular weight is 391 g/mol. The molecular weight excluding hydrogens is 352 g/mol. The quantitative estimate of drug-likeness (QED) is 0.723. The van der Waals surface area contributed by atoms with Crippen LogP contribution in [0.2, 0.25) is 0 Å². The Labute approximate surface area is 170 Å². The Hall–Kier alpha value is -2.24. The number of rotatable bonds is 7. The first-order valence-corrected chi connectivity index (χ1v) is 10.1. The highest BCUT2D eigenvalue weighted by Crippen LogP contribution is 2.26. The zero-order chi connectivity index (χ0) is 21.6. The van der Waals surface area contributed by atoms with E-state index in [1.807, 2.05) is 76.7 Å². The molecule has 1 atom stereocenters. The molecule has 2 N–H and O–H groups in total. The summed E-state index contributed by atoms with van der Waals surface area (Å²) in [6.45, 7) is 14.3. The molecule has 0 aliphatic carbocycles. The lowest BCUT2D eigenvalue weighted by molar-refractivity contribution is -0.118. The van der Waals surface area contributed by atoms with Crippen LogP contribution in [0.5, 0.6) is 0 Å². The Balaban J connectivity index is 3.24. The number of nitrogens with one attached hydrogen (secondary N) is 2. The van der Waals surface area contributed by atoms with E-state index in [9.17, 15) is 9.59 Å². The monoisotopic (exact) mass is 390 g/mol. The van der Waals surface area contributed by atoms with Crippen molar-refractivity contribution >= 4 is 23.3 Å². The summed E-state index contributed by atoms with van der Waals surface area (Å²) in [6.07, 6.45) is 0.860. The summed E-state index contributed by atoms with van der Waals surface area (Å²) < 4.78 is 0. The molecule has 0 heterocycles.